The molecule has 0 radical (unpaired) electrons. The van der Waals surface area contributed by atoms with Crippen molar-refractivity contribution in [3.63, 3.8) is 0 Å². The first-order chi connectivity index (χ1) is 10.8. The number of rotatable bonds is 2. The number of nitrogen functional groups attached to an aromatic ring is 1. The molecule has 4 rings (SSSR count). The van der Waals surface area contributed by atoms with Crippen LogP contribution >= 0.6 is 0 Å². The van der Waals surface area contributed by atoms with Crippen molar-refractivity contribution >= 4 is 38.0 Å². The Bertz CT molecular complexity index is 1000. The number of fused-ring (bicyclic) bond motifs is 5. The van der Waals surface area contributed by atoms with E-state index >= 15 is 0 Å². The number of nitrogens with two attached hydrogens (primary N) is 1. The monoisotopic (exact) mass is 287 g/mol. The van der Waals surface area contributed by atoms with Gasteiger partial charge >= 0.3 is 0 Å². The zero-order valence-electron chi connectivity index (χ0n) is 12.5. The largest absolute Gasteiger partial charge is 0.494 e. The van der Waals surface area contributed by atoms with Gasteiger partial charge < -0.3 is 10.5 Å². The van der Waals surface area contributed by atoms with E-state index in [1.165, 1.54) is 32.3 Å². The highest BCUT2D eigenvalue weighted by Crippen LogP contribution is 2.33. The Morgan fingerprint density at radius 2 is 1.32 bits per heavy atom. The van der Waals surface area contributed by atoms with Gasteiger partial charge in [0.15, 0.2) is 0 Å². The molecule has 2 heteroatoms. The molecule has 22 heavy (non-hydrogen) atoms. The lowest BCUT2D eigenvalue weighted by molar-refractivity contribution is 0.341. The average molecular weight is 287 g/mol. The number of ether oxygens (including phenoxy) is 1. The van der Waals surface area contributed by atoms with Crippen molar-refractivity contribution in [2.45, 2.75) is 6.92 Å². The van der Waals surface area contributed by atoms with Gasteiger partial charge in [-0.05, 0) is 63.5 Å². The van der Waals surface area contributed by atoms with Crippen molar-refractivity contribution in [2.24, 2.45) is 0 Å². The summed E-state index contributed by atoms with van der Waals surface area (Å²) in [6.45, 7) is 2.69. The normalized spacial score (nSPS) is 11.3. The van der Waals surface area contributed by atoms with Gasteiger partial charge in [-0.15, -0.1) is 0 Å². The van der Waals surface area contributed by atoms with Gasteiger partial charge in [0.1, 0.15) is 5.75 Å². The Kier molecular flexibility index (Phi) is 2.90. The van der Waals surface area contributed by atoms with Crippen LogP contribution in [0.5, 0.6) is 5.75 Å². The predicted octanol–water partition coefficient (Wildman–Crippen LogP) is 5.13. The molecule has 0 saturated heterocycles. The molecular formula is C20H17NO. The highest BCUT2D eigenvalue weighted by atomic mass is 16.5. The molecule has 0 amide bonds. The minimum absolute atomic E-state index is 0.686. The van der Waals surface area contributed by atoms with E-state index in [1.807, 2.05) is 25.1 Å². The quantitative estimate of drug-likeness (QED) is 0.410. The van der Waals surface area contributed by atoms with Crippen molar-refractivity contribution in [1.29, 1.82) is 0 Å². The molecular weight excluding hydrogens is 270 g/mol. The van der Waals surface area contributed by atoms with Crippen molar-refractivity contribution in [3.05, 3.63) is 60.7 Å². The van der Waals surface area contributed by atoms with Crippen LogP contribution in [0.2, 0.25) is 0 Å². The smallest absolute Gasteiger partial charge is 0.119 e. The molecule has 0 aliphatic rings. The molecule has 0 saturated carbocycles. The second-order valence-corrected chi connectivity index (χ2v) is 5.52. The van der Waals surface area contributed by atoms with Gasteiger partial charge in [0, 0.05) is 5.69 Å². The second-order valence-electron chi connectivity index (χ2n) is 5.52. The lowest BCUT2D eigenvalue weighted by Gasteiger charge is -2.10. The van der Waals surface area contributed by atoms with Crippen molar-refractivity contribution in [3.8, 4) is 5.75 Å². The molecule has 0 unspecified atom stereocenters. The van der Waals surface area contributed by atoms with E-state index in [0.29, 0.717) is 6.61 Å². The molecule has 0 atom stereocenters. The number of hydrogen-bond donors (Lipinski definition) is 1. The Morgan fingerprint density at radius 3 is 2.00 bits per heavy atom. The third-order valence-corrected chi connectivity index (χ3v) is 4.14. The minimum atomic E-state index is 0.686. The maximum atomic E-state index is 5.89. The topological polar surface area (TPSA) is 35.2 Å². The first-order valence-electron chi connectivity index (χ1n) is 7.54. The summed E-state index contributed by atoms with van der Waals surface area (Å²) < 4.78 is 5.60. The third-order valence-electron chi connectivity index (χ3n) is 4.14. The Morgan fingerprint density at radius 1 is 0.727 bits per heavy atom. The zero-order chi connectivity index (χ0) is 15.1. The number of benzene rings is 4. The molecule has 4 aromatic carbocycles. The molecule has 0 aliphatic carbocycles. The first kappa shape index (κ1) is 13.0. The first-order valence-corrected chi connectivity index (χ1v) is 7.54. The molecule has 0 aliphatic heterocycles. The molecule has 0 aromatic heterocycles. The van der Waals surface area contributed by atoms with E-state index < -0.39 is 0 Å². The van der Waals surface area contributed by atoms with Crippen LogP contribution in [0.25, 0.3) is 32.3 Å². The lowest BCUT2D eigenvalue weighted by Crippen LogP contribution is -1.91. The van der Waals surface area contributed by atoms with Crippen LogP contribution in [0.3, 0.4) is 0 Å². The van der Waals surface area contributed by atoms with Crippen molar-refractivity contribution in [2.75, 3.05) is 12.3 Å². The van der Waals surface area contributed by atoms with Gasteiger partial charge in [0.05, 0.1) is 6.61 Å². The average Bonchev–Trinajstić information content (AvgIpc) is 2.54. The molecule has 0 bridgehead atoms. The molecule has 4 aromatic rings. The SMILES string of the molecule is CCOc1ccc2c(ccc3c4ccc(N)cc4ccc23)c1. The van der Waals surface area contributed by atoms with Gasteiger partial charge in [0.25, 0.3) is 0 Å². The molecule has 108 valence electrons. The van der Waals surface area contributed by atoms with Gasteiger partial charge in [0.2, 0.25) is 0 Å². The third kappa shape index (κ3) is 1.96. The fraction of sp³-hybridized carbons (Fsp3) is 0.100. The number of hydrogen-bond acceptors (Lipinski definition) is 2. The van der Waals surface area contributed by atoms with Crippen LogP contribution in [0.4, 0.5) is 5.69 Å². The van der Waals surface area contributed by atoms with E-state index in [9.17, 15) is 0 Å². The van der Waals surface area contributed by atoms with Gasteiger partial charge in [-0.1, -0.05) is 36.4 Å². The van der Waals surface area contributed by atoms with E-state index in [4.69, 9.17) is 10.5 Å². The lowest BCUT2D eigenvalue weighted by atomic mass is 9.97. The summed E-state index contributed by atoms with van der Waals surface area (Å²) in [6, 6.07) is 21.1. The molecule has 0 heterocycles. The van der Waals surface area contributed by atoms with E-state index in [-0.39, 0.29) is 0 Å². The van der Waals surface area contributed by atoms with Crippen LogP contribution in [-0.2, 0) is 0 Å². The predicted molar refractivity (Wildman–Crippen MR) is 94.5 cm³/mol. The summed E-state index contributed by atoms with van der Waals surface area (Å²) in [5.74, 6) is 0.919. The highest BCUT2D eigenvalue weighted by molar-refractivity contribution is 6.17. The Hall–Kier alpha value is -2.74. The van der Waals surface area contributed by atoms with E-state index in [1.54, 1.807) is 0 Å². The fourth-order valence-electron chi connectivity index (χ4n) is 3.14. The van der Waals surface area contributed by atoms with Gasteiger partial charge in [-0.25, -0.2) is 0 Å². The maximum Gasteiger partial charge on any atom is 0.119 e. The highest BCUT2D eigenvalue weighted by Gasteiger charge is 2.06. The van der Waals surface area contributed by atoms with Crippen LogP contribution < -0.4 is 10.5 Å². The molecule has 0 spiro atoms. The van der Waals surface area contributed by atoms with E-state index in [2.05, 4.69) is 42.5 Å². The van der Waals surface area contributed by atoms with Gasteiger partial charge in [-0.2, -0.15) is 0 Å². The molecule has 2 nitrogen and oxygen atoms in total. The van der Waals surface area contributed by atoms with Crippen molar-refractivity contribution in [1.82, 2.24) is 0 Å². The summed E-state index contributed by atoms with van der Waals surface area (Å²) in [5, 5.41) is 7.39. The van der Waals surface area contributed by atoms with Crippen LogP contribution in [0.15, 0.2) is 60.7 Å². The van der Waals surface area contributed by atoms with Gasteiger partial charge in [-0.3, -0.25) is 0 Å². The van der Waals surface area contributed by atoms with Crippen LogP contribution in [0.1, 0.15) is 6.92 Å². The van der Waals surface area contributed by atoms with Crippen LogP contribution in [0, 0.1) is 0 Å². The molecule has 2 N–H and O–H groups in total. The fourth-order valence-corrected chi connectivity index (χ4v) is 3.14. The van der Waals surface area contributed by atoms with Crippen molar-refractivity contribution < 1.29 is 4.74 Å². The summed E-state index contributed by atoms with van der Waals surface area (Å²) >= 11 is 0. The Balaban J connectivity index is 2.05. The minimum Gasteiger partial charge on any atom is -0.494 e. The molecule has 0 fully saturated rings. The maximum absolute atomic E-state index is 5.89. The second kappa shape index (κ2) is 4.92. The Labute approximate surface area is 129 Å². The van der Waals surface area contributed by atoms with Crippen LogP contribution in [-0.4, -0.2) is 6.61 Å². The van der Waals surface area contributed by atoms with E-state index in [0.717, 1.165) is 11.4 Å². The standard InChI is InChI=1S/C20H17NO/c1-2-22-16-6-10-18-14(12-16)4-8-19-17-9-5-15(21)11-13(17)3-7-20(18)19/h3-12H,2,21H2,1H3. The summed E-state index contributed by atoms with van der Waals surface area (Å²) in [5.41, 5.74) is 6.69. The number of anilines is 1. The summed E-state index contributed by atoms with van der Waals surface area (Å²) in [4.78, 5) is 0. The summed E-state index contributed by atoms with van der Waals surface area (Å²) in [7, 11) is 0. The zero-order valence-corrected chi connectivity index (χ0v) is 12.5. The summed E-state index contributed by atoms with van der Waals surface area (Å²) in [6.07, 6.45) is 0.